The highest BCUT2D eigenvalue weighted by Crippen LogP contribution is 2.26. The molecule has 0 saturated carbocycles. The van der Waals surface area contributed by atoms with Gasteiger partial charge in [-0.1, -0.05) is 24.3 Å². The normalized spacial score (nSPS) is 10.9. The van der Waals surface area contributed by atoms with Crippen LogP contribution in [-0.2, 0) is 19.6 Å². The summed E-state index contributed by atoms with van der Waals surface area (Å²) in [6.45, 7) is 2.63. The Hall–Kier alpha value is -4.19. The van der Waals surface area contributed by atoms with Crippen LogP contribution < -0.4 is 19.8 Å². The summed E-state index contributed by atoms with van der Waals surface area (Å²) in [5.41, 5.74) is 0.442. The van der Waals surface area contributed by atoms with Gasteiger partial charge in [-0.05, 0) is 43.2 Å². The first-order valence-corrected chi connectivity index (χ1v) is 11.2. The number of H-pyrrole nitrogens is 1. The Morgan fingerprint density at radius 2 is 1.82 bits per heavy atom. The van der Waals surface area contributed by atoms with Crippen molar-refractivity contribution in [2.24, 2.45) is 0 Å². The van der Waals surface area contributed by atoms with Crippen molar-refractivity contribution >= 4 is 27.9 Å². The fourth-order valence-electron chi connectivity index (χ4n) is 2.82. The summed E-state index contributed by atoms with van der Waals surface area (Å²) in [7, 11) is -2.95. The minimum Gasteiger partial charge on any atom is -0.481 e. The molecule has 0 aliphatic heterocycles. The van der Waals surface area contributed by atoms with Crippen molar-refractivity contribution in [3.8, 4) is 11.6 Å². The molecule has 1 amide bonds. The molecule has 1 aromatic heterocycles. The molecule has 0 atom stereocenters. The minimum absolute atomic E-state index is 0.0211. The number of ether oxygens (including phenoxy) is 2. The third-order valence-corrected chi connectivity index (χ3v) is 5.82. The van der Waals surface area contributed by atoms with Crippen LogP contribution in [0.4, 0.5) is 5.95 Å². The zero-order chi connectivity index (χ0) is 24.9. The van der Waals surface area contributed by atoms with E-state index in [1.54, 1.807) is 26.0 Å². The van der Waals surface area contributed by atoms with Gasteiger partial charge in [0, 0.05) is 0 Å². The monoisotopic (exact) mass is 487 g/mol. The number of hydrogen-bond donors (Lipinski definition) is 2. The van der Waals surface area contributed by atoms with E-state index in [4.69, 9.17) is 13.7 Å². The summed E-state index contributed by atoms with van der Waals surface area (Å²) in [5.74, 6) is -2.27. The molecule has 178 valence electrons. The number of aromatic nitrogens is 2. The highest BCUT2D eigenvalue weighted by atomic mass is 32.2. The molecule has 2 aromatic carbocycles. The molecule has 2 N–H and O–H groups in total. The molecule has 0 fully saturated rings. The van der Waals surface area contributed by atoms with Crippen LogP contribution in [-0.4, -0.2) is 44.0 Å². The zero-order valence-electron chi connectivity index (χ0n) is 18.4. The van der Waals surface area contributed by atoms with Gasteiger partial charge in [0.25, 0.3) is 11.5 Å². The molecule has 0 aliphatic carbocycles. The quantitative estimate of drug-likeness (QED) is 0.358. The van der Waals surface area contributed by atoms with Gasteiger partial charge >= 0.3 is 16.1 Å². The summed E-state index contributed by atoms with van der Waals surface area (Å²) >= 11 is 0. The van der Waals surface area contributed by atoms with Gasteiger partial charge in [-0.25, -0.2) is 4.79 Å². The number of anilines is 1. The number of carbonyl (C=O) groups excluding carboxylic acids is 2. The minimum atomic E-state index is -4.25. The number of benzene rings is 2. The van der Waals surface area contributed by atoms with Crippen LogP contribution in [0.2, 0.25) is 0 Å². The topological polar surface area (TPSA) is 154 Å². The lowest BCUT2D eigenvalue weighted by atomic mass is 10.2. The fraction of sp³-hybridized carbons (Fsp3) is 0.182. The number of nitrogens with one attached hydrogen (secondary N) is 2. The molecule has 1 heterocycles. The van der Waals surface area contributed by atoms with Gasteiger partial charge in [-0.3, -0.25) is 19.9 Å². The number of hydrogen-bond acceptors (Lipinski definition) is 9. The van der Waals surface area contributed by atoms with E-state index in [9.17, 15) is 22.8 Å². The smallest absolute Gasteiger partial charge is 0.342 e. The lowest BCUT2D eigenvalue weighted by Gasteiger charge is -2.13. The third-order valence-electron chi connectivity index (χ3n) is 4.44. The summed E-state index contributed by atoms with van der Waals surface area (Å²) < 4.78 is 40.7. The Balaban J connectivity index is 1.72. The number of esters is 1. The average molecular weight is 487 g/mol. The van der Waals surface area contributed by atoms with Gasteiger partial charge in [-0.2, -0.15) is 13.4 Å². The van der Waals surface area contributed by atoms with Crippen molar-refractivity contribution in [3.05, 3.63) is 75.6 Å². The van der Waals surface area contributed by atoms with Gasteiger partial charge in [0.05, 0.1) is 13.2 Å². The molecule has 0 bridgehead atoms. The number of rotatable bonds is 8. The molecule has 0 aliphatic rings. The summed E-state index contributed by atoms with van der Waals surface area (Å²) in [4.78, 5) is 42.3. The fourth-order valence-corrected chi connectivity index (χ4v) is 4.09. The molecule has 0 radical (unpaired) electrons. The first-order chi connectivity index (χ1) is 16.1. The highest BCUT2D eigenvalue weighted by molar-refractivity contribution is 7.87. The maximum atomic E-state index is 12.8. The maximum Gasteiger partial charge on any atom is 0.342 e. The lowest BCUT2D eigenvalue weighted by molar-refractivity contribution is -0.119. The Morgan fingerprint density at radius 3 is 2.56 bits per heavy atom. The van der Waals surface area contributed by atoms with Crippen LogP contribution in [0.1, 0.15) is 21.5 Å². The SMILES string of the molecule is COc1cc(=O)[nH]c(NC(=O)COC(=O)c2ccccc2OS(=O)(=O)c2cc(C)ccc2C)n1. The van der Waals surface area contributed by atoms with E-state index in [1.807, 2.05) is 0 Å². The first-order valence-electron chi connectivity index (χ1n) is 9.82. The van der Waals surface area contributed by atoms with Gasteiger partial charge in [0.1, 0.15) is 10.5 Å². The van der Waals surface area contributed by atoms with E-state index < -0.39 is 34.2 Å². The zero-order valence-corrected chi connectivity index (χ0v) is 19.3. The van der Waals surface area contributed by atoms with Crippen molar-refractivity contribution in [1.82, 2.24) is 9.97 Å². The van der Waals surface area contributed by atoms with Crippen molar-refractivity contribution in [1.29, 1.82) is 0 Å². The molecular weight excluding hydrogens is 466 g/mol. The van der Waals surface area contributed by atoms with Crippen molar-refractivity contribution < 1.29 is 31.7 Å². The van der Waals surface area contributed by atoms with Gasteiger partial charge in [-0.15, -0.1) is 0 Å². The standard InChI is InChI=1S/C22H21N3O8S/c1-13-8-9-14(2)17(10-13)34(29,30)33-16-7-5-4-6-15(16)21(28)32-12-19(27)24-22-23-18(26)11-20(25-22)31-3/h4-11H,12H2,1-3H3,(H2,23,24,25,26,27). The van der Waals surface area contributed by atoms with E-state index in [0.29, 0.717) is 5.56 Å². The molecular formula is C22H21N3O8S. The van der Waals surface area contributed by atoms with Crippen LogP contribution in [0.15, 0.2) is 58.2 Å². The van der Waals surface area contributed by atoms with Gasteiger partial charge in [0.15, 0.2) is 12.4 Å². The van der Waals surface area contributed by atoms with Crippen molar-refractivity contribution in [3.63, 3.8) is 0 Å². The molecule has 11 nitrogen and oxygen atoms in total. The molecule has 34 heavy (non-hydrogen) atoms. The number of methoxy groups -OCH3 is 1. The Kier molecular flexibility index (Phi) is 7.31. The van der Waals surface area contributed by atoms with Crippen molar-refractivity contribution in [2.75, 3.05) is 19.0 Å². The van der Waals surface area contributed by atoms with E-state index in [1.165, 1.54) is 37.4 Å². The van der Waals surface area contributed by atoms with Crippen LogP contribution >= 0.6 is 0 Å². The summed E-state index contributed by atoms with van der Waals surface area (Å²) in [5, 5.41) is 2.26. The number of aromatic amines is 1. The number of aryl methyl sites for hydroxylation is 2. The summed E-state index contributed by atoms with van der Waals surface area (Å²) in [6, 6.07) is 11.5. The van der Waals surface area contributed by atoms with Crippen molar-refractivity contribution in [2.45, 2.75) is 18.7 Å². The molecule has 0 unspecified atom stereocenters. The molecule has 3 rings (SSSR count). The number of carbonyl (C=O) groups is 2. The van der Waals surface area contributed by atoms with E-state index in [-0.39, 0.29) is 28.0 Å². The predicted octanol–water partition coefficient (Wildman–Crippen LogP) is 1.96. The van der Waals surface area contributed by atoms with E-state index in [2.05, 4.69) is 15.3 Å². The van der Waals surface area contributed by atoms with E-state index >= 15 is 0 Å². The van der Waals surface area contributed by atoms with Gasteiger partial charge < -0.3 is 13.7 Å². The lowest BCUT2D eigenvalue weighted by Crippen LogP contribution is -2.24. The van der Waals surface area contributed by atoms with Crippen LogP contribution in [0.25, 0.3) is 0 Å². The largest absolute Gasteiger partial charge is 0.481 e. The Morgan fingerprint density at radius 1 is 1.09 bits per heavy atom. The average Bonchev–Trinajstić information content (AvgIpc) is 2.78. The van der Waals surface area contributed by atoms with Gasteiger partial charge in [0.2, 0.25) is 11.8 Å². The molecule has 3 aromatic rings. The number of nitrogens with zero attached hydrogens (tertiary/aromatic N) is 1. The maximum absolute atomic E-state index is 12.8. The first kappa shape index (κ1) is 24.5. The molecule has 12 heteroatoms. The second kappa shape index (κ2) is 10.2. The Labute approximate surface area is 194 Å². The highest BCUT2D eigenvalue weighted by Gasteiger charge is 2.24. The Bertz CT molecular complexity index is 1400. The molecule has 0 saturated heterocycles. The third kappa shape index (κ3) is 5.98. The second-order valence-electron chi connectivity index (χ2n) is 7.06. The molecule has 0 spiro atoms. The number of para-hydroxylation sites is 1. The van der Waals surface area contributed by atoms with Crippen LogP contribution in [0.5, 0.6) is 11.6 Å². The van der Waals surface area contributed by atoms with Crippen LogP contribution in [0.3, 0.4) is 0 Å². The van der Waals surface area contributed by atoms with Crippen LogP contribution in [0, 0.1) is 13.8 Å². The predicted molar refractivity (Wildman–Crippen MR) is 120 cm³/mol. The number of amides is 1. The summed E-state index contributed by atoms with van der Waals surface area (Å²) in [6.07, 6.45) is 0. The van der Waals surface area contributed by atoms with E-state index in [0.717, 1.165) is 11.6 Å². The second-order valence-corrected chi connectivity index (χ2v) is 8.58.